The summed E-state index contributed by atoms with van der Waals surface area (Å²) in [6.45, 7) is 19.3. The quantitative estimate of drug-likeness (QED) is 0.0815. The fraction of sp³-hybridized carbons (Fsp3) is 0.419. The Bertz CT molecular complexity index is 1860. The molecule has 6 heteroatoms. The van der Waals surface area contributed by atoms with Gasteiger partial charge < -0.3 is 9.52 Å². The van der Waals surface area contributed by atoms with Gasteiger partial charge in [-0.2, -0.15) is 0 Å². The van der Waals surface area contributed by atoms with E-state index in [2.05, 4.69) is 82.1 Å². The average Bonchev–Trinajstić information content (AvgIpc) is 3.47. The summed E-state index contributed by atoms with van der Waals surface area (Å²) in [4.78, 5) is 21.0. The SMILES string of the molecule is CC(C)Cc1coc2c(-c3ccnc(-c4[c-]c5ccccc5c(C(C)(C)C)c4)c3)ccnc12.CCC(CC)C(=O)/C=C(\O)C(CC)CC.[Ir]. The van der Waals surface area contributed by atoms with Crippen LogP contribution in [0.2, 0.25) is 0 Å². The Kier molecular flexibility index (Phi) is 14.5. The maximum atomic E-state index is 11.7. The molecule has 0 saturated carbocycles. The first-order chi connectivity index (χ1) is 22.9. The van der Waals surface area contributed by atoms with Gasteiger partial charge in [-0.05, 0) is 61.1 Å². The Labute approximate surface area is 307 Å². The van der Waals surface area contributed by atoms with Crippen molar-refractivity contribution in [2.45, 2.75) is 99.8 Å². The summed E-state index contributed by atoms with van der Waals surface area (Å²) in [7, 11) is 0. The van der Waals surface area contributed by atoms with Crippen LogP contribution in [0.3, 0.4) is 0 Å². The van der Waals surface area contributed by atoms with Gasteiger partial charge in [-0.1, -0.05) is 97.5 Å². The summed E-state index contributed by atoms with van der Waals surface area (Å²) < 4.78 is 6.01. The van der Waals surface area contributed by atoms with Crippen LogP contribution < -0.4 is 0 Å². The molecular weight excluding hydrogens is 785 g/mol. The number of carbonyl (C=O) groups excluding carboxylic acids is 1. The van der Waals surface area contributed by atoms with E-state index in [9.17, 15) is 9.90 Å². The molecule has 5 aromatic rings. The van der Waals surface area contributed by atoms with Crippen molar-refractivity contribution in [3.63, 3.8) is 0 Å². The predicted octanol–water partition coefficient (Wildman–Crippen LogP) is 11.9. The van der Waals surface area contributed by atoms with Gasteiger partial charge in [-0.25, -0.2) is 0 Å². The van der Waals surface area contributed by atoms with Gasteiger partial charge in [0, 0.05) is 67.2 Å². The monoisotopic (exact) mass is 838 g/mol. The second-order valence-electron chi connectivity index (χ2n) is 14.2. The zero-order chi connectivity index (χ0) is 35.0. The molecule has 0 fully saturated rings. The Balaban J connectivity index is 0.000000347. The number of aliphatic hydroxyl groups is 1. The number of rotatable bonds is 11. The van der Waals surface area contributed by atoms with Gasteiger partial charge in [0.05, 0.1) is 12.0 Å². The Morgan fingerprint density at radius 2 is 1.57 bits per heavy atom. The number of furan rings is 1. The number of pyridine rings is 2. The van der Waals surface area contributed by atoms with Crippen molar-refractivity contribution in [3.8, 4) is 22.4 Å². The number of aliphatic hydroxyl groups excluding tert-OH is 1. The van der Waals surface area contributed by atoms with E-state index in [1.807, 2.05) is 58.5 Å². The third-order valence-electron chi connectivity index (χ3n) is 9.17. The number of aromatic nitrogens is 2. The molecule has 0 aliphatic heterocycles. The zero-order valence-corrected chi connectivity index (χ0v) is 33.1. The number of carbonyl (C=O) groups is 1. The Morgan fingerprint density at radius 3 is 2.20 bits per heavy atom. The van der Waals surface area contributed by atoms with Crippen molar-refractivity contribution in [1.29, 1.82) is 0 Å². The largest absolute Gasteiger partial charge is 0.512 e. The Morgan fingerprint density at radius 1 is 0.918 bits per heavy atom. The van der Waals surface area contributed by atoms with Crippen LogP contribution in [-0.4, -0.2) is 20.9 Å². The maximum absolute atomic E-state index is 11.7. The van der Waals surface area contributed by atoms with E-state index in [-0.39, 0.29) is 48.9 Å². The normalized spacial score (nSPS) is 12.0. The molecule has 0 bridgehead atoms. The fourth-order valence-electron chi connectivity index (χ4n) is 6.31. The van der Waals surface area contributed by atoms with Gasteiger partial charge in [0.15, 0.2) is 11.4 Å². The van der Waals surface area contributed by atoms with Gasteiger partial charge in [0.25, 0.3) is 0 Å². The first-order valence-corrected chi connectivity index (χ1v) is 17.6. The molecule has 5 nitrogen and oxygen atoms in total. The number of fused-ring (bicyclic) bond motifs is 2. The molecule has 0 atom stereocenters. The molecule has 3 aromatic heterocycles. The number of hydrogen-bond donors (Lipinski definition) is 1. The van der Waals surface area contributed by atoms with Crippen LogP contribution in [0.5, 0.6) is 0 Å². The third kappa shape index (κ3) is 9.77. The van der Waals surface area contributed by atoms with Crippen molar-refractivity contribution < 1.29 is 34.4 Å². The van der Waals surface area contributed by atoms with E-state index in [0.717, 1.165) is 76.5 Å². The summed E-state index contributed by atoms with van der Waals surface area (Å²) in [6, 6.07) is 20.5. The minimum Gasteiger partial charge on any atom is -0.512 e. The molecule has 0 aliphatic rings. The first-order valence-electron chi connectivity index (χ1n) is 17.6. The van der Waals surface area contributed by atoms with Gasteiger partial charge >= 0.3 is 0 Å². The van der Waals surface area contributed by atoms with E-state index in [1.165, 1.54) is 17.0 Å². The van der Waals surface area contributed by atoms with Crippen LogP contribution in [-0.2, 0) is 36.7 Å². The molecule has 263 valence electrons. The summed E-state index contributed by atoms with van der Waals surface area (Å²) in [5.41, 5.74) is 8.28. The maximum Gasteiger partial charge on any atom is 0.162 e. The van der Waals surface area contributed by atoms with E-state index < -0.39 is 0 Å². The van der Waals surface area contributed by atoms with Crippen LogP contribution in [0, 0.1) is 23.8 Å². The molecule has 0 aliphatic carbocycles. The predicted molar refractivity (Wildman–Crippen MR) is 200 cm³/mol. The molecule has 0 amide bonds. The summed E-state index contributed by atoms with van der Waals surface area (Å²) in [5.74, 6) is 1.09. The summed E-state index contributed by atoms with van der Waals surface area (Å²) in [6.07, 6.45) is 11.5. The standard InChI is InChI=1S/C30H29N2O.C13H24O2.Ir/c1-19(2)14-23-18-33-29-25(11-13-32-28(23)29)21-10-12-31-27(17-21)22-15-20-8-6-7-9-24(20)26(16-22)30(3,4)5;1-5-10(6-2)12(14)9-13(15)11(7-3)8-4;/h6-13,16-19H,14H2,1-5H3;9-11,14H,5-8H2,1-4H3;/q-1;;/b;12-9-;. The molecule has 5 rings (SSSR count). The van der Waals surface area contributed by atoms with Crippen LogP contribution >= 0.6 is 0 Å². The number of hydrogen-bond acceptors (Lipinski definition) is 5. The molecule has 0 spiro atoms. The van der Waals surface area contributed by atoms with Crippen molar-refractivity contribution in [3.05, 3.63) is 96.2 Å². The van der Waals surface area contributed by atoms with Gasteiger partial charge in [-0.15, -0.1) is 29.1 Å². The number of ketones is 1. The number of benzene rings is 2. The minimum atomic E-state index is 0. The van der Waals surface area contributed by atoms with Crippen molar-refractivity contribution in [2.75, 3.05) is 0 Å². The zero-order valence-electron chi connectivity index (χ0n) is 30.7. The fourth-order valence-corrected chi connectivity index (χ4v) is 6.31. The average molecular weight is 838 g/mol. The van der Waals surface area contributed by atoms with Crippen molar-refractivity contribution in [2.24, 2.45) is 17.8 Å². The van der Waals surface area contributed by atoms with E-state index >= 15 is 0 Å². The van der Waals surface area contributed by atoms with Crippen LogP contribution in [0.1, 0.15) is 99.1 Å². The first kappa shape index (κ1) is 39.8. The molecule has 49 heavy (non-hydrogen) atoms. The molecule has 1 N–H and O–H groups in total. The third-order valence-corrected chi connectivity index (χ3v) is 9.17. The second-order valence-corrected chi connectivity index (χ2v) is 14.2. The molecule has 0 saturated heterocycles. The van der Waals surface area contributed by atoms with E-state index in [1.54, 1.807) is 0 Å². The molecule has 2 aromatic carbocycles. The smallest absolute Gasteiger partial charge is 0.162 e. The minimum absolute atomic E-state index is 0. The van der Waals surface area contributed by atoms with E-state index in [0.29, 0.717) is 5.92 Å². The summed E-state index contributed by atoms with van der Waals surface area (Å²) in [5, 5.41) is 12.1. The topological polar surface area (TPSA) is 76.2 Å². The van der Waals surface area contributed by atoms with Gasteiger partial charge in [0.2, 0.25) is 0 Å². The van der Waals surface area contributed by atoms with E-state index in [4.69, 9.17) is 9.40 Å². The second kappa shape index (κ2) is 17.9. The number of nitrogens with zero attached hydrogens (tertiary/aromatic N) is 2. The van der Waals surface area contributed by atoms with Crippen LogP contribution in [0.4, 0.5) is 0 Å². The molecular formula is C43H53IrN2O3-. The van der Waals surface area contributed by atoms with Gasteiger partial charge in [0.1, 0.15) is 5.52 Å². The molecule has 1 radical (unpaired) electrons. The summed E-state index contributed by atoms with van der Waals surface area (Å²) >= 11 is 0. The Hall–Kier alpha value is -3.60. The van der Waals surface area contributed by atoms with Gasteiger partial charge in [-0.3, -0.25) is 14.8 Å². The van der Waals surface area contributed by atoms with Crippen LogP contribution in [0.15, 0.2) is 83.4 Å². The molecule has 0 unspecified atom stereocenters. The molecule has 3 heterocycles. The van der Waals surface area contributed by atoms with Crippen LogP contribution in [0.25, 0.3) is 44.3 Å². The van der Waals surface area contributed by atoms with Crippen molar-refractivity contribution >= 4 is 27.7 Å². The van der Waals surface area contributed by atoms with Crippen molar-refractivity contribution in [1.82, 2.24) is 9.97 Å². The number of allylic oxidation sites excluding steroid dienone is 2.